The zero-order chi connectivity index (χ0) is 9.07. The number of hydrogen-bond donors (Lipinski definition) is 1. The van der Waals surface area contributed by atoms with E-state index in [-0.39, 0.29) is 5.78 Å². The van der Waals surface area contributed by atoms with Crippen molar-refractivity contribution in [2.24, 2.45) is 0 Å². The second-order valence-electron chi connectivity index (χ2n) is 3.57. The average Bonchev–Trinajstić information content (AvgIpc) is 1.80. The van der Waals surface area contributed by atoms with Gasteiger partial charge < -0.3 is 9.59 Å². The maximum atomic E-state index is 10.8. The number of ketones is 1. The van der Waals surface area contributed by atoms with Crippen molar-refractivity contribution in [2.45, 2.75) is 13.0 Å². The molecule has 0 amide bonds. The molecule has 0 aromatic carbocycles. The molecule has 3 nitrogen and oxygen atoms in total. The van der Waals surface area contributed by atoms with Crippen LogP contribution in [0.2, 0.25) is 0 Å². The lowest BCUT2D eigenvalue weighted by molar-refractivity contribution is -0.872. The van der Waals surface area contributed by atoms with Gasteiger partial charge in [0.15, 0.2) is 11.9 Å². The molecule has 0 aliphatic heterocycles. The fraction of sp³-hybridized carbons (Fsp3) is 0.857. The van der Waals surface area contributed by atoms with Crippen molar-refractivity contribution in [2.75, 3.05) is 27.7 Å². The van der Waals surface area contributed by atoms with Crippen molar-refractivity contribution in [3.8, 4) is 0 Å². The first-order valence-electron chi connectivity index (χ1n) is 3.70. The zero-order valence-corrected chi connectivity index (χ0v) is 7.05. The van der Waals surface area contributed by atoms with Crippen LogP contribution in [0.25, 0.3) is 0 Å². The lowest BCUT2D eigenvalue weighted by Crippen LogP contribution is -2.43. The zero-order valence-electron chi connectivity index (χ0n) is 8.05. The van der Waals surface area contributed by atoms with Crippen LogP contribution in [0, 0.1) is 0 Å². The summed E-state index contributed by atoms with van der Waals surface area (Å²) in [5.74, 6) is -0.0898. The number of nitrogens with zero attached hydrogens (tertiary/aromatic N) is 1. The number of aliphatic hydroxyl groups excluding tert-OH is 1. The maximum absolute atomic E-state index is 10.8. The fourth-order valence-electron chi connectivity index (χ4n) is 0.626. The van der Waals surface area contributed by atoms with Gasteiger partial charge in [0.1, 0.15) is 6.54 Å². The average molecular weight is 147 g/mol. The minimum absolute atomic E-state index is 0.0898. The van der Waals surface area contributed by atoms with Crippen LogP contribution in [0.15, 0.2) is 0 Å². The Kier molecular flexibility index (Phi) is 2.40. The number of Topliss-reactive ketones (excluding diaryl/α,β-unsaturated/α-hetero) is 1. The molecule has 0 saturated carbocycles. The van der Waals surface area contributed by atoms with Crippen LogP contribution >= 0.6 is 0 Å². The molecule has 0 fully saturated rings. The predicted octanol–water partition coefficient (Wildman–Crippen LogP) is -0.358. The highest BCUT2D eigenvalue weighted by Gasteiger charge is 2.18. The molecular formula is C7H16NO2+. The summed E-state index contributed by atoms with van der Waals surface area (Å²) in [5.41, 5.74) is 0. The molecule has 0 aromatic rings. The first-order chi connectivity index (χ1) is 4.87. The molecule has 0 spiro atoms. The van der Waals surface area contributed by atoms with E-state index in [9.17, 15) is 4.79 Å². The minimum Gasteiger partial charge on any atom is -0.380 e. The van der Waals surface area contributed by atoms with Crippen LogP contribution < -0.4 is 0 Å². The SMILES string of the molecule is [2H]OC(C[N+](C)(C)C)C(C)=O. The highest BCUT2D eigenvalue weighted by molar-refractivity contribution is 5.80. The molecule has 3 heteroatoms. The Labute approximate surface area is 63.3 Å². The summed E-state index contributed by atoms with van der Waals surface area (Å²) in [6, 6.07) is 0. The van der Waals surface area contributed by atoms with E-state index in [2.05, 4.69) is 5.11 Å². The molecule has 0 radical (unpaired) electrons. The van der Waals surface area contributed by atoms with E-state index < -0.39 is 6.10 Å². The Morgan fingerprint density at radius 3 is 2.30 bits per heavy atom. The van der Waals surface area contributed by atoms with Crippen molar-refractivity contribution in [1.82, 2.24) is 0 Å². The summed E-state index contributed by atoms with van der Waals surface area (Å²) in [7, 11) is 5.86. The van der Waals surface area contributed by atoms with Crippen LogP contribution in [0.1, 0.15) is 6.92 Å². The third-order valence-corrected chi connectivity index (χ3v) is 1.17. The fourth-order valence-corrected chi connectivity index (χ4v) is 0.626. The van der Waals surface area contributed by atoms with Crippen molar-refractivity contribution in [1.29, 1.82) is 1.43 Å². The molecule has 0 rings (SSSR count). The van der Waals surface area contributed by atoms with Crippen molar-refractivity contribution >= 4 is 5.78 Å². The van der Waals surface area contributed by atoms with Gasteiger partial charge in [-0.2, -0.15) is 0 Å². The van der Waals surface area contributed by atoms with Gasteiger partial charge in [-0.3, -0.25) is 4.79 Å². The lowest BCUT2D eigenvalue weighted by atomic mass is 10.2. The predicted molar refractivity (Wildman–Crippen MR) is 39.6 cm³/mol. The van der Waals surface area contributed by atoms with Crippen molar-refractivity contribution < 1.29 is 14.4 Å². The van der Waals surface area contributed by atoms with Gasteiger partial charge in [-0.25, -0.2) is 0 Å². The molecule has 0 bridgehead atoms. The second-order valence-corrected chi connectivity index (χ2v) is 3.57. The summed E-state index contributed by atoms with van der Waals surface area (Å²) in [5, 5.41) is 4.27. The number of rotatable bonds is 4. The highest BCUT2D eigenvalue weighted by Crippen LogP contribution is 1.95. The molecule has 60 valence electrons. The van der Waals surface area contributed by atoms with Crippen LogP contribution in [-0.4, -0.2) is 50.6 Å². The normalized spacial score (nSPS) is 16.2. The topological polar surface area (TPSA) is 37.3 Å². The smallest absolute Gasteiger partial charge is 0.211 e. The molecule has 1 N–H and O–H groups in total. The summed E-state index contributed by atoms with van der Waals surface area (Å²) in [4.78, 5) is 10.8. The molecule has 1 unspecified atom stereocenters. The quantitative estimate of drug-likeness (QED) is 0.551. The summed E-state index contributed by atoms with van der Waals surface area (Å²) < 4.78 is 7.27. The largest absolute Gasteiger partial charge is 0.380 e. The van der Waals surface area contributed by atoms with Gasteiger partial charge >= 0.3 is 0 Å². The Morgan fingerprint density at radius 2 is 2.20 bits per heavy atom. The van der Waals surface area contributed by atoms with E-state index >= 15 is 0 Å². The Bertz CT molecular complexity index is 142. The van der Waals surface area contributed by atoms with E-state index in [1.807, 2.05) is 21.1 Å². The summed E-state index contributed by atoms with van der Waals surface area (Å²) in [6.45, 7) is 1.98. The van der Waals surface area contributed by atoms with Gasteiger partial charge in [0.2, 0.25) is 1.43 Å². The molecule has 0 aliphatic rings. The molecule has 0 aromatic heterocycles. The molecule has 0 aliphatic carbocycles. The molecular weight excluding hydrogens is 130 g/mol. The molecule has 1 atom stereocenters. The van der Waals surface area contributed by atoms with E-state index in [0.29, 0.717) is 11.0 Å². The van der Waals surface area contributed by atoms with Gasteiger partial charge in [-0.05, 0) is 6.92 Å². The number of carbonyl (C=O) groups excluding carboxylic acids is 1. The molecule has 0 heterocycles. The van der Waals surface area contributed by atoms with Gasteiger partial charge in [0, 0.05) is 0 Å². The number of quaternary nitrogens is 1. The van der Waals surface area contributed by atoms with Crippen LogP contribution in [0.3, 0.4) is 0 Å². The monoisotopic (exact) mass is 147 g/mol. The second kappa shape index (κ2) is 3.12. The summed E-state index contributed by atoms with van der Waals surface area (Å²) >= 11 is 0. The van der Waals surface area contributed by atoms with Gasteiger partial charge in [-0.1, -0.05) is 0 Å². The van der Waals surface area contributed by atoms with Gasteiger partial charge in [0.25, 0.3) is 0 Å². The van der Waals surface area contributed by atoms with Crippen molar-refractivity contribution in [3.63, 3.8) is 0 Å². The number of likely N-dealkylation sites (N-methyl/N-ethyl adjacent to an activating group) is 1. The number of hydrogen-bond acceptors (Lipinski definition) is 2. The maximum Gasteiger partial charge on any atom is 0.211 e. The van der Waals surface area contributed by atoms with E-state index in [0.717, 1.165) is 0 Å². The van der Waals surface area contributed by atoms with Crippen LogP contribution in [0.4, 0.5) is 0 Å². The van der Waals surface area contributed by atoms with E-state index in [4.69, 9.17) is 1.43 Å². The third kappa shape index (κ3) is 4.47. The molecule has 10 heavy (non-hydrogen) atoms. The van der Waals surface area contributed by atoms with Gasteiger partial charge in [-0.15, -0.1) is 0 Å². The van der Waals surface area contributed by atoms with Crippen LogP contribution in [0.5, 0.6) is 0 Å². The first kappa shape index (κ1) is 7.69. The minimum atomic E-state index is -0.588. The number of aliphatic hydroxyl groups is 1. The van der Waals surface area contributed by atoms with Crippen molar-refractivity contribution in [3.05, 3.63) is 0 Å². The Morgan fingerprint density at radius 1 is 1.70 bits per heavy atom. The van der Waals surface area contributed by atoms with E-state index in [1.54, 1.807) is 0 Å². The first-order valence-corrected chi connectivity index (χ1v) is 3.29. The lowest BCUT2D eigenvalue weighted by Gasteiger charge is -2.25. The summed E-state index contributed by atoms with van der Waals surface area (Å²) in [6.07, 6.45) is -0.588. The van der Waals surface area contributed by atoms with Gasteiger partial charge in [0.05, 0.1) is 21.1 Å². The van der Waals surface area contributed by atoms with Crippen LogP contribution in [-0.2, 0) is 4.79 Å². The Hall–Kier alpha value is -0.410. The Balaban J connectivity index is 3.99. The molecule has 0 saturated heterocycles. The number of carbonyl (C=O) groups is 1. The third-order valence-electron chi connectivity index (χ3n) is 1.17. The standard InChI is InChI=1S/C7H16NO2/c1-6(9)7(10)5-8(2,3)4/h7,10H,5H2,1-4H3/q+1/i10D. The highest BCUT2D eigenvalue weighted by atomic mass is 16.3. The van der Waals surface area contributed by atoms with E-state index in [1.165, 1.54) is 6.92 Å².